The molecule has 0 bridgehead atoms. The molecule has 154 valence electrons. The molecule has 4 rings (SSSR count). The van der Waals surface area contributed by atoms with Crippen molar-refractivity contribution in [2.24, 2.45) is 5.92 Å². The van der Waals surface area contributed by atoms with E-state index in [1.54, 1.807) is 36.4 Å². The summed E-state index contributed by atoms with van der Waals surface area (Å²) in [4.78, 5) is 13.0. The highest BCUT2D eigenvalue weighted by Gasteiger charge is 2.37. The van der Waals surface area contributed by atoms with E-state index in [1.807, 2.05) is 0 Å². The summed E-state index contributed by atoms with van der Waals surface area (Å²) in [5.74, 6) is -1.27. The fraction of sp³-hybridized carbons (Fsp3) is 0.208. The van der Waals surface area contributed by atoms with E-state index < -0.39 is 12.0 Å². The number of anilines is 1. The topological polar surface area (TPSA) is 58.6 Å². The van der Waals surface area contributed by atoms with Crippen molar-refractivity contribution in [2.75, 3.05) is 5.32 Å². The molecule has 1 saturated heterocycles. The molecule has 0 radical (unpaired) electrons. The highest BCUT2D eigenvalue weighted by atomic mass is 19.1. The van der Waals surface area contributed by atoms with Gasteiger partial charge in [-0.05, 0) is 72.5 Å². The van der Waals surface area contributed by atoms with Crippen LogP contribution in [0.15, 0.2) is 72.8 Å². The van der Waals surface area contributed by atoms with Gasteiger partial charge in [0.1, 0.15) is 17.4 Å². The van der Waals surface area contributed by atoms with E-state index in [9.17, 15) is 18.7 Å². The van der Waals surface area contributed by atoms with Gasteiger partial charge in [-0.15, -0.1) is 0 Å². The molecule has 0 aromatic heterocycles. The number of hydrogen-bond acceptors (Lipinski definition) is 3. The van der Waals surface area contributed by atoms with Crippen LogP contribution in [-0.4, -0.2) is 11.0 Å². The summed E-state index contributed by atoms with van der Waals surface area (Å²) in [6.07, 6.45) is 0.330. The Bertz CT molecular complexity index is 1000. The zero-order chi connectivity index (χ0) is 21.1. The minimum absolute atomic E-state index is 0.122. The molecule has 0 aliphatic carbocycles. The fourth-order valence-electron chi connectivity index (χ4n) is 3.76. The summed E-state index contributed by atoms with van der Waals surface area (Å²) in [5, 5.41) is 12.4. The molecule has 1 fully saturated rings. The zero-order valence-electron chi connectivity index (χ0n) is 16.1. The van der Waals surface area contributed by atoms with Crippen molar-refractivity contribution in [1.82, 2.24) is 0 Å². The van der Waals surface area contributed by atoms with Gasteiger partial charge < -0.3 is 15.2 Å². The number of halogens is 2. The van der Waals surface area contributed by atoms with Crippen molar-refractivity contribution >= 4 is 11.6 Å². The van der Waals surface area contributed by atoms with Crippen LogP contribution in [0.1, 0.15) is 36.2 Å². The Kier molecular flexibility index (Phi) is 5.77. The maximum absolute atomic E-state index is 13.3. The smallest absolute Gasteiger partial charge is 0.230 e. The molecular weight excluding hydrogens is 388 g/mol. The lowest BCUT2D eigenvalue weighted by molar-refractivity contribution is -0.137. The monoisotopic (exact) mass is 409 g/mol. The van der Waals surface area contributed by atoms with Crippen LogP contribution < -0.4 is 5.32 Å². The first-order valence-electron chi connectivity index (χ1n) is 9.76. The van der Waals surface area contributed by atoms with Crippen LogP contribution >= 0.6 is 0 Å². The molecule has 30 heavy (non-hydrogen) atoms. The third-order valence-electron chi connectivity index (χ3n) is 5.33. The van der Waals surface area contributed by atoms with Crippen LogP contribution in [0.2, 0.25) is 0 Å². The van der Waals surface area contributed by atoms with Crippen molar-refractivity contribution in [3.63, 3.8) is 0 Å². The molecule has 3 aromatic carbocycles. The predicted octanol–water partition coefficient (Wildman–Crippen LogP) is 5.52. The maximum atomic E-state index is 13.3. The number of phenols is 1. The number of ether oxygens (including phenoxy) is 1. The molecule has 1 aliphatic heterocycles. The SMILES string of the molecule is O=C(Nc1ccc(F)cc1)[C@H]1CC[C@@H](c2ccc(F)cc2)O[C@H]1c1ccc(O)cc1. The van der Waals surface area contributed by atoms with Crippen molar-refractivity contribution < 1.29 is 23.4 Å². The van der Waals surface area contributed by atoms with Gasteiger partial charge in [0.05, 0.1) is 18.1 Å². The summed E-state index contributed by atoms with van der Waals surface area (Å²) in [6, 6.07) is 18.3. The molecule has 4 nitrogen and oxygen atoms in total. The van der Waals surface area contributed by atoms with Crippen LogP contribution in [0.4, 0.5) is 14.5 Å². The Hall–Kier alpha value is -3.25. The van der Waals surface area contributed by atoms with Crippen LogP contribution in [0, 0.1) is 17.6 Å². The highest BCUT2D eigenvalue weighted by molar-refractivity contribution is 5.93. The third-order valence-corrected chi connectivity index (χ3v) is 5.33. The molecule has 1 aliphatic rings. The average molecular weight is 409 g/mol. The molecule has 1 heterocycles. The predicted molar refractivity (Wildman–Crippen MR) is 109 cm³/mol. The second-order valence-electron chi connectivity index (χ2n) is 7.37. The number of carbonyl (C=O) groups excluding carboxylic acids is 1. The molecular formula is C24H21F2NO3. The van der Waals surface area contributed by atoms with Gasteiger partial charge in [-0.2, -0.15) is 0 Å². The summed E-state index contributed by atoms with van der Waals surface area (Å²) in [7, 11) is 0. The Labute approximate surface area is 173 Å². The first-order valence-corrected chi connectivity index (χ1v) is 9.76. The number of carbonyl (C=O) groups is 1. The van der Waals surface area contributed by atoms with Gasteiger partial charge in [0.15, 0.2) is 0 Å². The Morgan fingerprint density at radius 1 is 0.833 bits per heavy atom. The molecule has 2 N–H and O–H groups in total. The van der Waals surface area contributed by atoms with Crippen molar-refractivity contribution in [1.29, 1.82) is 0 Å². The van der Waals surface area contributed by atoms with E-state index in [2.05, 4.69) is 5.32 Å². The number of benzene rings is 3. The quantitative estimate of drug-likeness (QED) is 0.597. The fourth-order valence-corrected chi connectivity index (χ4v) is 3.76. The summed E-state index contributed by atoms with van der Waals surface area (Å²) >= 11 is 0. The second-order valence-corrected chi connectivity index (χ2v) is 7.37. The first-order chi connectivity index (χ1) is 14.5. The Morgan fingerprint density at radius 2 is 1.40 bits per heavy atom. The van der Waals surface area contributed by atoms with Gasteiger partial charge in [-0.25, -0.2) is 8.78 Å². The standard InChI is InChI=1S/C24H21F2NO3/c25-17-5-1-15(2-6-17)22-14-13-21(23(30-22)16-3-11-20(28)12-4-16)24(29)27-19-9-7-18(26)8-10-19/h1-12,21-23,28H,13-14H2,(H,27,29)/t21-,22-,23-/m0/s1. The van der Waals surface area contributed by atoms with E-state index in [4.69, 9.17) is 4.74 Å². The molecule has 0 spiro atoms. The summed E-state index contributed by atoms with van der Waals surface area (Å²) in [6.45, 7) is 0. The first kappa shape index (κ1) is 20.0. The number of hydrogen-bond donors (Lipinski definition) is 2. The number of rotatable bonds is 4. The third kappa shape index (κ3) is 4.49. The van der Waals surface area contributed by atoms with Gasteiger partial charge in [0.25, 0.3) is 0 Å². The largest absolute Gasteiger partial charge is 0.508 e. The van der Waals surface area contributed by atoms with Gasteiger partial charge >= 0.3 is 0 Å². The van der Waals surface area contributed by atoms with Crippen LogP contribution in [0.3, 0.4) is 0 Å². The number of aromatic hydroxyl groups is 1. The molecule has 3 aromatic rings. The van der Waals surface area contributed by atoms with E-state index in [1.165, 1.54) is 36.4 Å². The summed E-state index contributed by atoms with van der Waals surface area (Å²) in [5.41, 5.74) is 2.11. The van der Waals surface area contributed by atoms with Gasteiger partial charge in [-0.1, -0.05) is 24.3 Å². The lowest BCUT2D eigenvalue weighted by Gasteiger charge is -2.36. The Balaban J connectivity index is 1.58. The van der Waals surface area contributed by atoms with Gasteiger partial charge in [-0.3, -0.25) is 4.79 Å². The molecule has 1 amide bonds. The van der Waals surface area contributed by atoms with Crippen molar-refractivity contribution in [3.8, 4) is 5.75 Å². The van der Waals surface area contributed by atoms with Gasteiger partial charge in [0, 0.05) is 5.69 Å². The van der Waals surface area contributed by atoms with Crippen molar-refractivity contribution in [3.05, 3.63) is 95.6 Å². The Morgan fingerprint density at radius 3 is 2.03 bits per heavy atom. The minimum atomic E-state index is -0.546. The lowest BCUT2D eigenvalue weighted by atomic mass is 9.85. The zero-order valence-corrected chi connectivity index (χ0v) is 16.1. The van der Waals surface area contributed by atoms with Crippen molar-refractivity contribution in [2.45, 2.75) is 25.0 Å². The number of nitrogens with one attached hydrogen (secondary N) is 1. The lowest BCUT2D eigenvalue weighted by Crippen LogP contribution is -2.34. The van der Waals surface area contributed by atoms with Gasteiger partial charge in [0.2, 0.25) is 5.91 Å². The van der Waals surface area contributed by atoms with E-state index in [0.29, 0.717) is 18.5 Å². The van der Waals surface area contributed by atoms with E-state index in [0.717, 1.165) is 11.1 Å². The maximum Gasteiger partial charge on any atom is 0.230 e. The van der Waals surface area contributed by atoms with E-state index >= 15 is 0 Å². The summed E-state index contributed by atoms with van der Waals surface area (Å²) < 4.78 is 32.7. The van der Waals surface area contributed by atoms with Crippen LogP contribution in [0.5, 0.6) is 5.75 Å². The number of amides is 1. The van der Waals surface area contributed by atoms with E-state index in [-0.39, 0.29) is 29.4 Å². The second kappa shape index (κ2) is 8.63. The van der Waals surface area contributed by atoms with Crippen LogP contribution in [0.25, 0.3) is 0 Å². The molecule has 6 heteroatoms. The molecule has 3 atom stereocenters. The number of phenolic OH excluding ortho intramolecular Hbond substituents is 1. The normalized spacial score (nSPS) is 21.2. The highest BCUT2D eigenvalue weighted by Crippen LogP contribution is 2.43. The average Bonchev–Trinajstić information content (AvgIpc) is 2.76. The van der Waals surface area contributed by atoms with Crippen LogP contribution in [-0.2, 0) is 9.53 Å². The minimum Gasteiger partial charge on any atom is -0.508 e. The molecule has 0 unspecified atom stereocenters. The molecule has 0 saturated carbocycles.